The largest absolute Gasteiger partial charge is 0.416 e. The number of carbonyl (C=O) groups is 1. The van der Waals surface area contributed by atoms with Crippen LogP contribution in [0.2, 0.25) is 0 Å². The summed E-state index contributed by atoms with van der Waals surface area (Å²) < 4.78 is 43.2. The fourth-order valence-corrected chi connectivity index (χ4v) is 3.51. The number of aryl methyl sites for hydroxylation is 2. The Morgan fingerprint density at radius 1 is 1.17 bits per heavy atom. The number of amides is 1. The van der Waals surface area contributed by atoms with Crippen molar-refractivity contribution in [2.24, 2.45) is 0 Å². The maximum atomic E-state index is 12.9. The average molecular weight is 531 g/mol. The summed E-state index contributed by atoms with van der Waals surface area (Å²) in [6.45, 7) is 6.11. The maximum absolute atomic E-state index is 12.9. The molecule has 2 aromatic heterocycles. The zero-order valence-electron chi connectivity index (χ0n) is 16.7. The minimum Gasteiger partial charge on any atom is -0.323 e. The summed E-state index contributed by atoms with van der Waals surface area (Å²) in [4.78, 5) is 12.4. The molecule has 1 amide bonds. The summed E-state index contributed by atoms with van der Waals surface area (Å²) >= 11 is 2.19. The number of alkyl halides is 3. The molecule has 0 aliphatic rings. The van der Waals surface area contributed by atoms with Crippen molar-refractivity contribution in [3.05, 3.63) is 62.2 Å². The van der Waals surface area contributed by atoms with Crippen LogP contribution >= 0.6 is 22.6 Å². The fourth-order valence-electron chi connectivity index (χ4n) is 3.11. The highest BCUT2D eigenvalue weighted by atomic mass is 127. The van der Waals surface area contributed by atoms with Crippen molar-refractivity contribution in [1.29, 1.82) is 0 Å². The van der Waals surface area contributed by atoms with Gasteiger partial charge in [-0.25, -0.2) is 0 Å². The Hall–Kier alpha value is -2.37. The van der Waals surface area contributed by atoms with Crippen molar-refractivity contribution in [1.82, 2.24) is 19.6 Å². The molecule has 6 nitrogen and oxygen atoms in total. The van der Waals surface area contributed by atoms with Crippen LogP contribution in [-0.2, 0) is 24.1 Å². The molecule has 3 rings (SSSR count). The lowest BCUT2D eigenvalue weighted by Gasteiger charge is -2.10. The van der Waals surface area contributed by atoms with Crippen molar-refractivity contribution in [3.8, 4) is 0 Å². The molecule has 0 saturated carbocycles. The summed E-state index contributed by atoms with van der Waals surface area (Å²) in [7, 11) is 0. The van der Waals surface area contributed by atoms with Gasteiger partial charge in [0.15, 0.2) is 0 Å². The van der Waals surface area contributed by atoms with E-state index in [1.165, 1.54) is 6.07 Å². The number of hydrogen-bond donors (Lipinski definition) is 1. The highest BCUT2D eigenvalue weighted by molar-refractivity contribution is 14.1. The number of carbonyl (C=O) groups excluding carboxylic acids is 1. The van der Waals surface area contributed by atoms with E-state index in [4.69, 9.17) is 0 Å². The van der Waals surface area contributed by atoms with E-state index < -0.39 is 11.7 Å². The van der Waals surface area contributed by atoms with Crippen LogP contribution in [0.5, 0.6) is 0 Å². The lowest BCUT2D eigenvalue weighted by molar-refractivity contribution is -0.137. The van der Waals surface area contributed by atoms with Gasteiger partial charge >= 0.3 is 6.18 Å². The zero-order valence-corrected chi connectivity index (χ0v) is 18.9. The van der Waals surface area contributed by atoms with Crippen molar-refractivity contribution in [2.45, 2.75) is 46.5 Å². The number of nitrogens with one attached hydrogen (secondary N) is 1. The topological polar surface area (TPSA) is 64.7 Å². The van der Waals surface area contributed by atoms with Gasteiger partial charge in [0.25, 0.3) is 0 Å². The molecule has 0 fully saturated rings. The van der Waals surface area contributed by atoms with E-state index in [2.05, 4.69) is 38.1 Å². The van der Waals surface area contributed by atoms with Crippen LogP contribution in [0.4, 0.5) is 18.9 Å². The van der Waals surface area contributed by atoms with Gasteiger partial charge in [-0.2, -0.15) is 23.4 Å². The standard InChI is InChI=1S/C20H21F3IN5O/c1-12-19(26-18(30)7-8-28-13(2)17(24)10-25-28)14(3)29(27-12)11-15-5-4-6-16(9-15)20(21,22)23/h4-6,9-10H,7-8,11H2,1-3H3,(H,26,30). The molecule has 0 unspecified atom stereocenters. The monoisotopic (exact) mass is 531 g/mol. The van der Waals surface area contributed by atoms with E-state index in [9.17, 15) is 18.0 Å². The van der Waals surface area contributed by atoms with E-state index in [1.54, 1.807) is 35.5 Å². The van der Waals surface area contributed by atoms with Gasteiger partial charge in [0.1, 0.15) is 0 Å². The molecule has 2 heterocycles. The van der Waals surface area contributed by atoms with E-state index in [1.807, 2.05) is 6.92 Å². The van der Waals surface area contributed by atoms with Gasteiger partial charge in [-0.05, 0) is 61.1 Å². The first-order chi connectivity index (χ1) is 14.1. The van der Waals surface area contributed by atoms with Crippen LogP contribution in [0.3, 0.4) is 0 Å². The van der Waals surface area contributed by atoms with Gasteiger partial charge in [0, 0.05) is 12.1 Å². The molecule has 1 aromatic carbocycles. The van der Waals surface area contributed by atoms with Crippen LogP contribution in [-0.4, -0.2) is 25.5 Å². The third kappa shape index (κ3) is 5.02. The van der Waals surface area contributed by atoms with Crippen LogP contribution in [0.25, 0.3) is 0 Å². The molecule has 0 aliphatic heterocycles. The molecule has 0 radical (unpaired) electrons. The average Bonchev–Trinajstić information content (AvgIpc) is 3.13. The molecule has 3 aromatic rings. The summed E-state index contributed by atoms with van der Waals surface area (Å²) in [6.07, 6.45) is -2.40. The van der Waals surface area contributed by atoms with E-state index in [-0.39, 0.29) is 18.9 Å². The van der Waals surface area contributed by atoms with Crippen LogP contribution in [0, 0.1) is 24.3 Å². The predicted molar refractivity (Wildman–Crippen MR) is 115 cm³/mol. The predicted octanol–water partition coefficient (Wildman–Crippen LogP) is 4.71. The lowest BCUT2D eigenvalue weighted by Crippen LogP contribution is -2.16. The normalized spacial score (nSPS) is 11.7. The quantitative estimate of drug-likeness (QED) is 0.469. The second-order valence-corrected chi connectivity index (χ2v) is 8.16. The molecule has 0 aliphatic carbocycles. The van der Waals surface area contributed by atoms with E-state index >= 15 is 0 Å². The number of halogens is 4. The molecule has 160 valence electrons. The van der Waals surface area contributed by atoms with Crippen LogP contribution in [0.15, 0.2) is 30.5 Å². The van der Waals surface area contributed by atoms with E-state index in [0.29, 0.717) is 29.2 Å². The second kappa shape index (κ2) is 8.78. The summed E-state index contributed by atoms with van der Waals surface area (Å²) in [5.74, 6) is -0.176. The van der Waals surface area contributed by atoms with Gasteiger partial charge in [0.05, 0.1) is 45.5 Å². The molecule has 0 atom stereocenters. The van der Waals surface area contributed by atoms with Crippen molar-refractivity contribution >= 4 is 34.2 Å². The lowest BCUT2D eigenvalue weighted by atomic mass is 10.1. The maximum Gasteiger partial charge on any atom is 0.416 e. The molecular weight excluding hydrogens is 510 g/mol. The third-order valence-electron chi connectivity index (χ3n) is 4.83. The molecule has 30 heavy (non-hydrogen) atoms. The third-order valence-corrected chi connectivity index (χ3v) is 5.89. The number of hydrogen-bond acceptors (Lipinski definition) is 3. The van der Waals surface area contributed by atoms with Gasteiger partial charge < -0.3 is 5.32 Å². The van der Waals surface area contributed by atoms with Crippen molar-refractivity contribution in [2.75, 3.05) is 5.32 Å². The van der Waals surface area contributed by atoms with Crippen molar-refractivity contribution < 1.29 is 18.0 Å². The minimum atomic E-state index is -4.39. The molecule has 0 saturated heterocycles. The van der Waals surface area contributed by atoms with Crippen LogP contribution < -0.4 is 5.32 Å². The first-order valence-electron chi connectivity index (χ1n) is 9.24. The van der Waals surface area contributed by atoms with Gasteiger partial charge in [-0.3, -0.25) is 14.2 Å². The Morgan fingerprint density at radius 2 is 1.90 bits per heavy atom. The van der Waals surface area contributed by atoms with Crippen molar-refractivity contribution in [3.63, 3.8) is 0 Å². The zero-order chi connectivity index (χ0) is 22.1. The summed E-state index contributed by atoms with van der Waals surface area (Å²) in [5.41, 5.74) is 2.67. The molecule has 10 heteroatoms. The fraction of sp³-hybridized carbons (Fsp3) is 0.350. The van der Waals surface area contributed by atoms with Gasteiger partial charge in [0.2, 0.25) is 5.91 Å². The highest BCUT2D eigenvalue weighted by Crippen LogP contribution is 2.30. The Bertz CT molecular complexity index is 1070. The number of rotatable bonds is 6. The number of benzene rings is 1. The van der Waals surface area contributed by atoms with E-state index in [0.717, 1.165) is 21.4 Å². The van der Waals surface area contributed by atoms with Crippen LogP contribution in [0.1, 0.15) is 34.6 Å². The van der Waals surface area contributed by atoms with Gasteiger partial charge in [-0.1, -0.05) is 12.1 Å². The smallest absolute Gasteiger partial charge is 0.323 e. The Balaban J connectivity index is 1.69. The Labute approximate surface area is 185 Å². The Kier molecular flexibility index (Phi) is 6.53. The molecule has 0 bridgehead atoms. The minimum absolute atomic E-state index is 0.176. The Morgan fingerprint density at radius 3 is 2.53 bits per heavy atom. The first kappa shape index (κ1) is 22.3. The highest BCUT2D eigenvalue weighted by Gasteiger charge is 2.30. The SMILES string of the molecule is Cc1nn(Cc2cccc(C(F)(F)F)c2)c(C)c1NC(=O)CCn1ncc(I)c1C. The number of anilines is 1. The summed E-state index contributed by atoms with van der Waals surface area (Å²) in [6, 6.07) is 5.16. The summed E-state index contributed by atoms with van der Waals surface area (Å²) in [5, 5.41) is 11.5. The first-order valence-corrected chi connectivity index (χ1v) is 10.3. The molecule has 1 N–H and O–H groups in total. The second-order valence-electron chi connectivity index (χ2n) is 7.00. The molecular formula is C20H21F3IN5O. The van der Waals surface area contributed by atoms with Gasteiger partial charge in [-0.15, -0.1) is 0 Å². The number of aromatic nitrogens is 4. The number of nitrogens with zero attached hydrogens (tertiary/aromatic N) is 4. The molecule has 0 spiro atoms.